The Hall–Kier alpha value is -1.88. The summed E-state index contributed by atoms with van der Waals surface area (Å²) in [5.41, 5.74) is 1.96. The molecule has 306 valence electrons. The number of carbonyl (C=O) groups is 2. The van der Waals surface area contributed by atoms with Crippen LogP contribution in [0, 0.1) is 56.7 Å². The van der Waals surface area contributed by atoms with Gasteiger partial charge >= 0.3 is 12.2 Å². The molecule has 5 aliphatic carbocycles. The molecular weight excluding hydrogens is 677 g/mol. The van der Waals surface area contributed by atoms with Gasteiger partial charge in [0.2, 0.25) is 0 Å². The predicted molar refractivity (Wildman–Crippen MR) is 215 cm³/mol. The molecule has 0 bridgehead atoms. The maximum absolute atomic E-state index is 13.1. The largest absolute Gasteiger partial charge is 0.449 e. The van der Waals surface area contributed by atoms with Crippen molar-refractivity contribution in [3.05, 3.63) is 12.2 Å². The van der Waals surface area contributed by atoms with E-state index in [1.165, 1.54) is 44.1 Å². The van der Waals surface area contributed by atoms with Crippen LogP contribution < -0.4 is 21.3 Å². The third-order valence-electron chi connectivity index (χ3n) is 17.7. The van der Waals surface area contributed by atoms with Crippen LogP contribution in [0.25, 0.3) is 0 Å². The van der Waals surface area contributed by atoms with E-state index in [0.29, 0.717) is 49.3 Å². The van der Waals surface area contributed by atoms with Gasteiger partial charge in [-0.1, -0.05) is 46.8 Å². The highest BCUT2D eigenvalue weighted by atomic mass is 16.6. The molecule has 0 radical (unpaired) electrons. The summed E-state index contributed by atoms with van der Waals surface area (Å²) in [7, 11) is 0. The van der Waals surface area contributed by atoms with E-state index >= 15 is 0 Å². The summed E-state index contributed by atoms with van der Waals surface area (Å²) in [5.74, 6) is 2.78. The SMILES string of the molecule is C=C(C)C1CC[C@]2(COC(=O)NCCN3CCNCC3)CC[C@]3(C)C(CCC4[C@@]5(C)CC[C@H](OC(=O)NCCN6CCNCC6)C(C)(C)C5CC[C@]43C)C12. The number of carbonyl (C=O) groups excluding carboxylic acids is 2. The minimum Gasteiger partial charge on any atom is -0.449 e. The van der Waals surface area contributed by atoms with Gasteiger partial charge in [0, 0.05) is 89.4 Å². The quantitative estimate of drug-likeness (QED) is 0.194. The predicted octanol–water partition coefficient (Wildman–Crippen LogP) is 6.28. The van der Waals surface area contributed by atoms with Gasteiger partial charge in [0.05, 0.1) is 6.61 Å². The van der Waals surface area contributed by atoms with E-state index in [0.717, 1.165) is 91.1 Å². The summed E-state index contributed by atoms with van der Waals surface area (Å²) in [6.07, 6.45) is 11.1. The molecule has 2 amide bonds. The van der Waals surface area contributed by atoms with Gasteiger partial charge in [0.15, 0.2) is 0 Å². The lowest BCUT2D eigenvalue weighted by Gasteiger charge is -2.73. The zero-order valence-corrected chi connectivity index (χ0v) is 35.0. The maximum atomic E-state index is 13.1. The summed E-state index contributed by atoms with van der Waals surface area (Å²) in [6, 6.07) is 0. The van der Waals surface area contributed by atoms with Gasteiger partial charge in [0.25, 0.3) is 0 Å². The third-order valence-corrected chi connectivity index (χ3v) is 17.7. The summed E-state index contributed by atoms with van der Waals surface area (Å²) < 4.78 is 12.5. The fraction of sp³-hybridized carbons (Fsp3) is 0.909. The number of nitrogens with zero attached hydrogens (tertiary/aromatic N) is 2. The van der Waals surface area contributed by atoms with Gasteiger partial charge in [-0.3, -0.25) is 9.80 Å². The van der Waals surface area contributed by atoms with E-state index in [9.17, 15) is 9.59 Å². The number of hydrogen-bond donors (Lipinski definition) is 4. The first-order valence-electron chi connectivity index (χ1n) is 22.1. The third kappa shape index (κ3) is 7.25. The molecule has 7 rings (SSSR count). The molecule has 0 aromatic carbocycles. The molecule has 5 saturated carbocycles. The van der Waals surface area contributed by atoms with Crippen LogP contribution >= 0.6 is 0 Å². The standard InChI is InChI=1S/C44H76N6O4/c1-31(2)32-10-15-44(30-53-38(51)47-22-28-49-24-18-45-19-25-49)17-16-42(6)33(37(32)44)8-9-35-41(5)13-12-36(40(3,4)34(41)11-14-43(35,42)7)54-39(52)48-23-29-50-26-20-46-21-27-50/h32-37,45-46H,1,8-30H2,2-7H3,(H,47,51)(H,48,52)/t32?,33?,34?,35?,36-,37?,41-,42+,43+,44+/m0/s1. The zero-order valence-electron chi connectivity index (χ0n) is 35.0. The Labute approximate surface area is 327 Å². The average molecular weight is 753 g/mol. The topological polar surface area (TPSA) is 107 Å². The van der Waals surface area contributed by atoms with Crippen molar-refractivity contribution in [2.24, 2.45) is 56.7 Å². The number of nitrogens with one attached hydrogen (secondary N) is 4. The Morgan fingerprint density at radius 3 is 1.98 bits per heavy atom. The molecule has 0 spiro atoms. The average Bonchev–Trinajstić information content (AvgIpc) is 3.53. The first-order valence-corrected chi connectivity index (χ1v) is 22.1. The number of amides is 2. The molecule has 10 atom stereocenters. The minimum absolute atomic E-state index is 0.0386. The van der Waals surface area contributed by atoms with E-state index in [2.05, 4.69) is 79.2 Å². The van der Waals surface area contributed by atoms with Crippen molar-refractivity contribution in [2.45, 2.75) is 112 Å². The van der Waals surface area contributed by atoms with Crippen molar-refractivity contribution in [1.29, 1.82) is 0 Å². The number of piperazine rings is 2. The molecule has 54 heavy (non-hydrogen) atoms. The second-order valence-electron chi connectivity index (χ2n) is 20.4. The monoisotopic (exact) mass is 753 g/mol. The van der Waals surface area contributed by atoms with Crippen LogP contribution in [0.3, 0.4) is 0 Å². The minimum atomic E-state index is -0.248. The van der Waals surface area contributed by atoms with Gasteiger partial charge in [-0.25, -0.2) is 9.59 Å². The van der Waals surface area contributed by atoms with Crippen LogP contribution in [0.5, 0.6) is 0 Å². The molecule has 0 aromatic rings. The molecule has 4 N–H and O–H groups in total. The van der Waals surface area contributed by atoms with Crippen LogP contribution in [-0.4, -0.2) is 113 Å². The Morgan fingerprint density at radius 1 is 0.722 bits per heavy atom. The lowest BCUT2D eigenvalue weighted by Crippen LogP contribution is -2.67. The van der Waals surface area contributed by atoms with Gasteiger partial charge in [0.1, 0.15) is 6.10 Å². The highest BCUT2D eigenvalue weighted by molar-refractivity contribution is 5.67. The maximum Gasteiger partial charge on any atom is 0.407 e. The number of fused-ring (bicyclic) bond motifs is 7. The normalized spacial score (nSPS) is 42.0. The van der Waals surface area contributed by atoms with Crippen LogP contribution in [-0.2, 0) is 9.47 Å². The Kier molecular flexibility index (Phi) is 11.8. The van der Waals surface area contributed by atoms with Crippen molar-refractivity contribution in [2.75, 3.05) is 85.1 Å². The van der Waals surface area contributed by atoms with Crippen molar-refractivity contribution < 1.29 is 19.1 Å². The Balaban J connectivity index is 1.01. The van der Waals surface area contributed by atoms with Crippen LogP contribution in [0.15, 0.2) is 12.2 Å². The first kappa shape index (κ1) is 40.3. The summed E-state index contributed by atoms with van der Waals surface area (Å²) in [4.78, 5) is 31.1. The molecule has 0 aromatic heterocycles. The summed E-state index contributed by atoms with van der Waals surface area (Å²) >= 11 is 0. The van der Waals surface area contributed by atoms with E-state index in [4.69, 9.17) is 9.47 Å². The lowest BCUT2D eigenvalue weighted by atomic mass is 9.32. The zero-order chi connectivity index (χ0) is 38.4. The van der Waals surface area contributed by atoms with Crippen LogP contribution in [0.1, 0.15) is 106 Å². The molecule has 7 aliphatic rings. The molecule has 10 heteroatoms. The van der Waals surface area contributed by atoms with E-state index in [1.54, 1.807) is 0 Å². The van der Waals surface area contributed by atoms with Crippen molar-refractivity contribution in [3.63, 3.8) is 0 Å². The van der Waals surface area contributed by atoms with E-state index < -0.39 is 0 Å². The van der Waals surface area contributed by atoms with Gasteiger partial charge in [-0.2, -0.15) is 0 Å². The number of alkyl carbamates (subject to hydrolysis) is 2. The smallest absolute Gasteiger partial charge is 0.407 e. The molecule has 2 aliphatic heterocycles. The number of hydrogen-bond acceptors (Lipinski definition) is 8. The molecule has 2 saturated heterocycles. The van der Waals surface area contributed by atoms with E-state index in [-0.39, 0.29) is 45.4 Å². The highest BCUT2D eigenvalue weighted by Gasteiger charge is 2.71. The molecule has 7 fully saturated rings. The summed E-state index contributed by atoms with van der Waals surface area (Å²) in [6.45, 7) is 31.4. The Morgan fingerprint density at radius 2 is 1.35 bits per heavy atom. The van der Waals surface area contributed by atoms with Gasteiger partial charge in [-0.15, -0.1) is 0 Å². The van der Waals surface area contributed by atoms with Gasteiger partial charge < -0.3 is 30.7 Å². The van der Waals surface area contributed by atoms with Crippen LogP contribution in [0.4, 0.5) is 9.59 Å². The summed E-state index contributed by atoms with van der Waals surface area (Å²) in [5, 5.41) is 13.0. The van der Waals surface area contributed by atoms with Crippen molar-refractivity contribution >= 4 is 12.2 Å². The van der Waals surface area contributed by atoms with Crippen molar-refractivity contribution in [1.82, 2.24) is 31.1 Å². The van der Waals surface area contributed by atoms with Crippen LogP contribution in [0.2, 0.25) is 0 Å². The van der Waals surface area contributed by atoms with Crippen molar-refractivity contribution in [3.8, 4) is 0 Å². The van der Waals surface area contributed by atoms with E-state index in [1.807, 2.05) is 0 Å². The lowest BCUT2D eigenvalue weighted by molar-refractivity contribution is -0.249. The first-order chi connectivity index (χ1) is 25.7. The molecule has 5 unspecified atom stereocenters. The molecular formula is C44H76N6O4. The fourth-order valence-corrected chi connectivity index (χ4v) is 14.7. The second-order valence-corrected chi connectivity index (χ2v) is 20.4. The molecule has 10 nitrogen and oxygen atoms in total. The number of allylic oxidation sites excluding steroid dienone is 1. The fourth-order valence-electron chi connectivity index (χ4n) is 14.7. The molecule has 2 heterocycles. The number of rotatable bonds is 10. The number of ether oxygens (including phenoxy) is 2. The highest BCUT2D eigenvalue weighted by Crippen LogP contribution is 2.77. The van der Waals surface area contributed by atoms with Gasteiger partial charge in [-0.05, 0) is 117 Å². The Bertz CT molecular complexity index is 1360. The second kappa shape index (κ2) is 15.8.